The van der Waals surface area contributed by atoms with Gasteiger partial charge in [0.25, 0.3) is 0 Å². The lowest BCUT2D eigenvalue weighted by atomic mass is 10.1. The summed E-state index contributed by atoms with van der Waals surface area (Å²) < 4.78 is 37.1. The summed E-state index contributed by atoms with van der Waals surface area (Å²) in [5.41, 5.74) is 1.98. The fraction of sp³-hybridized carbons (Fsp3) is 0.381. The molecule has 1 aliphatic rings. The number of nitrogens with one attached hydrogen (secondary N) is 1. The van der Waals surface area contributed by atoms with Crippen molar-refractivity contribution in [1.29, 1.82) is 0 Å². The third-order valence-electron chi connectivity index (χ3n) is 4.92. The largest absolute Gasteiger partial charge is 0.486 e. The highest BCUT2D eigenvalue weighted by Crippen LogP contribution is 2.33. The number of anilines is 1. The summed E-state index contributed by atoms with van der Waals surface area (Å²) in [4.78, 5) is 12.9. The SMILES string of the molecule is Cc1ccc(N(C(C)C(=O)NC(C)c2ccc3c(c2)OCCO3)S(C)(=O)=O)cc1Cl. The van der Waals surface area contributed by atoms with Crippen LogP contribution in [0.4, 0.5) is 5.69 Å². The topological polar surface area (TPSA) is 84.9 Å². The molecule has 0 saturated carbocycles. The number of amides is 1. The Kier molecular flexibility index (Phi) is 6.47. The van der Waals surface area contributed by atoms with E-state index < -0.39 is 22.0 Å². The fourth-order valence-electron chi connectivity index (χ4n) is 3.27. The molecule has 2 unspecified atom stereocenters. The van der Waals surface area contributed by atoms with Gasteiger partial charge in [-0.05, 0) is 56.2 Å². The Morgan fingerprint density at radius 1 is 1.10 bits per heavy atom. The number of aryl methyl sites for hydroxylation is 1. The van der Waals surface area contributed by atoms with Crippen LogP contribution in [0, 0.1) is 6.92 Å². The van der Waals surface area contributed by atoms with E-state index in [0.29, 0.717) is 35.4 Å². The monoisotopic (exact) mass is 452 g/mol. The van der Waals surface area contributed by atoms with E-state index >= 15 is 0 Å². The zero-order chi connectivity index (χ0) is 22.1. The van der Waals surface area contributed by atoms with Gasteiger partial charge in [-0.3, -0.25) is 9.10 Å². The normalized spacial score (nSPS) is 15.2. The van der Waals surface area contributed by atoms with Gasteiger partial charge < -0.3 is 14.8 Å². The van der Waals surface area contributed by atoms with Crippen molar-refractivity contribution in [2.75, 3.05) is 23.8 Å². The van der Waals surface area contributed by atoms with E-state index in [1.165, 1.54) is 0 Å². The average Bonchev–Trinajstić information content (AvgIpc) is 2.69. The molecule has 2 aromatic rings. The molecule has 9 heteroatoms. The molecule has 162 valence electrons. The summed E-state index contributed by atoms with van der Waals surface area (Å²) >= 11 is 6.17. The van der Waals surface area contributed by atoms with Crippen LogP contribution in [0.15, 0.2) is 36.4 Å². The molecule has 0 bridgehead atoms. The summed E-state index contributed by atoms with van der Waals surface area (Å²) in [7, 11) is -3.73. The third-order valence-corrected chi connectivity index (χ3v) is 6.57. The average molecular weight is 453 g/mol. The first-order valence-corrected chi connectivity index (χ1v) is 11.8. The van der Waals surface area contributed by atoms with Crippen LogP contribution in [-0.2, 0) is 14.8 Å². The highest BCUT2D eigenvalue weighted by Gasteiger charge is 2.30. The first-order chi connectivity index (χ1) is 14.1. The minimum atomic E-state index is -3.73. The summed E-state index contributed by atoms with van der Waals surface area (Å²) in [5, 5.41) is 3.31. The van der Waals surface area contributed by atoms with Crippen LogP contribution in [0.3, 0.4) is 0 Å². The minimum Gasteiger partial charge on any atom is -0.486 e. The summed E-state index contributed by atoms with van der Waals surface area (Å²) in [6.07, 6.45) is 1.06. The van der Waals surface area contributed by atoms with Crippen LogP contribution < -0.4 is 19.1 Å². The smallest absolute Gasteiger partial charge is 0.244 e. The number of carbonyl (C=O) groups is 1. The Bertz CT molecular complexity index is 1060. The molecule has 1 amide bonds. The second-order valence-corrected chi connectivity index (χ2v) is 9.57. The standard InChI is InChI=1S/C21H25ClN2O5S/c1-13-5-7-17(12-18(13)22)24(30(4,26)27)15(3)21(25)23-14(2)16-6-8-19-20(11-16)29-10-9-28-19/h5-8,11-12,14-15H,9-10H2,1-4H3,(H,23,25). The summed E-state index contributed by atoms with van der Waals surface area (Å²) in [5.74, 6) is 0.857. The lowest BCUT2D eigenvalue weighted by Crippen LogP contribution is -2.48. The molecule has 30 heavy (non-hydrogen) atoms. The lowest BCUT2D eigenvalue weighted by molar-refractivity contribution is -0.122. The number of fused-ring (bicyclic) bond motifs is 1. The Hall–Kier alpha value is -2.45. The van der Waals surface area contributed by atoms with Crippen LogP contribution in [0.25, 0.3) is 0 Å². The van der Waals surface area contributed by atoms with Crippen LogP contribution >= 0.6 is 11.6 Å². The van der Waals surface area contributed by atoms with E-state index in [4.69, 9.17) is 21.1 Å². The van der Waals surface area contributed by atoms with Crippen molar-refractivity contribution in [2.45, 2.75) is 32.9 Å². The molecule has 2 aromatic carbocycles. The summed E-state index contributed by atoms with van der Waals surface area (Å²) in [6.45, 7) is 6.16. The highest BCUT2D eigenvalue weighted by molar-refractivity contribution is 7.92. The molecular weight excluding hydrogens is 428 g/mol. The number of hydrogen-bond acceptors (Lipinski definition) is 5. The zero-order valence-corrected chi connectivity index (χ0v) is 18.9. The Labute approximate surface area is 182 Å². The second kappa shape index (κ2) is 8.73. The number of rotatable bonds is 6. The van der Waals surface area contributed by atoms with Gasteiger partial charge in [-0.15, -0.1) is 0 Å². The molecule has 0 aliphatic carbocycles. The number of sulfonamides is 1. The number of carbonyl (C=O) groups excluding carboxylic acids is 1. The maximum absolute atomic E-state index is 12.9. The Morgan fingerprint density at radius 2 is 1.77 bits per heavy atom. The molecule has 1 heterocycles. The predicted molar refractivity (Wildman–Crippen MR) is 117 cm³/mol. The van der Waals surface area contributed by atoms with Gasteiger partial charge in [0.05, 0.1) is 18.0 Å². The first-order valence-electron chi connectivity index (χ1n) is 9.53. The van der Waals surface area contributed by atoms with Gasteiger partial charge >= 0.3 is 0 Å². The predicted octanol–water partition coefficient (Wildman–Crippen LogP) is 3.45. The van der Waals surface area contributed by atoms with Gasteiger partial charge in [0.2, 0.25) is 15.9 Å². The van der Waals surface area contributed by atoms with Gasteiger partial charge in [0.15, 0.2) is 11.5 Å². The molecule has 1 aliphatic heterocycles. The van der Waals surface area contributed by atoms with Gasteiger partial charge in [0.1, 0.15) is 19.3 Å². The van der Waals surface area contributed by atoms with Crippen molar-refractivity contribution in [1.82, 2.24) is 5.32 Å². The van der Waals surface area contributed by atoms with Crippen molar-refractivity contribution >= 4 is 33.2 Å². The number of benzene rings is 2. The van der Waals surface area contributed by atoms with Crippen molar-refractivity contribution < 1.29 is 22.7 Å². The van der Waals surface area contributed by atoms with Crippen molar-refractivity contribution in [2.24, 2.45) is 0 Å². The van der Waals surface area contributed by atoms with Gasteiger partial charge in [-0.2, -0.15) is 0 Å². The van der Waals surface area contributed by atoms with Gasteiger partial charge in [0, 0.05) is 5.02 Å². The molecule has 0 spiro atoms. The van der Waals surface area contributed by atoms with E-state index in [1.807, 2.05) is 26.0 Å². The van der Waals surface area contributed by atoms with Gasteiger partial charge in [-0.1, -0.05) is 23.7 Å². The number of hydrogen-bond donors (Lipinski definition) is 1. The Morgan fingerprint density at radius 3 is 2.40 bits per heavy atom. The van der Waals surface area contributed by atoms with Crippen molar-refractivity contribution in [3.05, 3.63) is 52.5 Å². The molecule has 1 N–H and O–H groups in total. The fourth-order valence-corrected chi connectivity index (χ4v) is 4.62. The zero-order valence-electron chi connectivity index (χ0n) is 17.3. The maximum atomic E-state index is 12.9. The van der Waals surface area contributed by atoms with E-state index in [0.717, 1.165) is 21.7 Å². The molecule has 2 atom stereocenters. The molecule has 0 fully saturated rings. The lowest BCUT2D eigenvalue weighted by Gasteiger charge is -2.29. The molecule has 0 saturated heterocycles. The van der Waals surface area contributed by atoms with E-state index in [2.05, 4.69) is 5.32 Å². The molecule has 0 radical (unpaired) electrons. The van der Waals surface area contributed by atoms with Crippen LogP contribution in [0.1, 0.15) is 31.0 Å². The van der Waals surface area contributed by atoms with E-state index in [9.17, 15) is 13.2 Å². The second-order valence-electron chi connectivity index (χ2n) is 7.30. The van der Waals surface area contributed by atoms with Crippen LogP contribution in [0.5, 0.6) is 11.5 Å². The maximum Gasteiger partial charge on any atom is 0.244 e. The van der Waals surface area contributed by atoms with Gasteiger partial charge in [-0.25, -0.2) is 8.42 Å². The molecular formula is C21H25ClN2O5S. The number of nitrogens with zero attached hydrogens (tertiary/aromatic N) is 1. The summed E-state index contributed by atoms with van der Waals surface area (Å²) in [6, 6.07) is 9.03. The van der Waals surface area contributed by atoms with Crippen molar-refractivity contribution in [3.8, 4) is 11.5 Å². The number of halogens is 1. The first kappa shape index (κ1) is 22.2. The van der Waals surface area contributed by atoms with Crippen LogP contribution in [-0.4, -0.2) is 39.8 Å². The number of ether oxygens (including phenoxy) is 2. The Balaban J connectivity index is 1.80. The van der Waals surface area contributed by atoms with E-state index in [1.54, 1.807) is 31.2 Å². The molecule has 7 nitrogen and oxygen atoms in total. The highest BCUT2D eigenvalue weighted by atomic mass is 35.5. The molecule has 3 rings (SSSR count). The quantitative estimate of drug-likeness (QED) is 0.725. The third kappa shape index (κ3) is 4.82. The molecule has 0 aromatic heterocycles. The van der Waals surface area contributed by atoms with Crippen molar-refractivity contribution in [3.63, 3.8) is 0 Å². The van der Waals surface area contributed by atoms with Crippen LogP contribution in [0.2, 0.25) is 5.02 Å². The van der Waals surface area contributed by atoms with E-state index in [-0.39, 0.29) is 6.04 Å². The minimum absolute atomic E-state index is 0.336.